The van der Waals surface area contributed by atoms with Gasteiger partial charge in [0.1, 0.15) is 5.60 Å². The zero-order valence-corrected chi connectivity index (χ0v) is 14.5. The summed E-state index contributed by atoms with van der Waals surface area (Å²) in [5.74, 6) is 2.07. The van der Waals surface area contributed by atoms with Crippen molar-refractivity contribution in [1.82, 2.24) is 0 Å². The zero-order chi connectivity index (χ0) is 17.1. The summed E-state index contributed by atoms with van der Waals surface area (Å²) >= 11 is 0. The normalized spacial score (nSPS) is 37.4. The molecule has 4 bridgehead atoms. The highest BCUT2D eigenvalue weighted by Gasteiger charge is 2.57. The van der Waals surface area contributed by atoms with E-state index in [-0.39, 0.29) is 4.90 Å². The third-order valence-corrected chi connectivity index (χ3v) is 7.33. The number of carbonyl (C=O) groups is 1. The fourth-order valence-corrected chi connectivity index (χ4v) is 5.79. The van der Waals surface area contributed by atoms with Crippen LogP contribution in [0.5, 0.6) is 0 Å². The van der Waals surface area contributed by atoms with E-state index in [4.69, 9.17) is 9.29 Å². The van der Waals surface area contributed by atoms with Gasteiger partial charge in [-0.15, -0.1) is 0 Å². The molecule has 4 fully saturated rings. The molecule has 0 atom stereocenters. The van der Waals surface area contributed by atoms with Crippen molar-refractivity contribution in [1.29, 1.82) is 0 Å². The zero-order valence-electron chi connectivity index (χ0n) is 13.6. The first-order valence-electron chi connectivity index (χ1n) is 8.56. The third-order valence-electron chi connectivity index (χ3n) is 6.46. The Balaban J connectivity index is 1.53. The van der Waals surface area contributed by atoms with Gasteiger partial charge in [-0.25, -0.2) is 4.79 Å². The molecule has 0 aromatic heterocycles. The Hall–Kier alpha value is -1.40. The summed E-state index contributed by atoms with van der Waals surface area (Å²) in [6.45, 7) is 2.07. The molecule has 6 heteroatoms. The number of ether oxygens (including phenoxy) is 1. The van der Waals surface area contributed by atoms with Gasteiger partial charge in [0, 0.05) is 0 Å². The van der Waals surface area contributed by atoms with Crippen molar-refractivity contribution in [2.24, 2.45) is 23.7 Å². The van der Waals surface area contributed by atoms with Crippen LogP contribution >= 0.6 is 0 Å². The van der Waals surface area contributed by atoms with E-state index < -0.39 is 21.7 Å². The second kappa shape index (κ2) is 5.30. The van der Waals surface area contributed by atoms with Crippen molar-refractivity contribution in [2.75, 3.05) is 0 Å². The van der Waals surface area contributed by atoms with E-state index in [9.17, 15) is 13.2 Å². The summed E-state index contributed by atoms with van der Waals surface area (Å²) in [6.07, 6.45) is 5.95. The molecule has 4 saturated carbocycles. The van der Waals surface area contributed by atoms with Crippen LogP contribution in [0, 0.1) is 23.7 Å². The molecule has 5 nitrogen and oxygen atoms in total. The molecule has 130 valence electrons. The molecule has 0 amide bonds. The molecule has 4 aliphatic rings. The highest BCUT2D eigenvalue weighted by molar-refractivity contribution is 7.85. The topological polar surface area (TPSA) is 80.7 Å². The first-order valence-corrected chi connectivity index (χ1v) is 10.0. The van der Waals surface area contributed by atoms with Crippen LogP contribution < -0.4 is 0 Å². The molecule has 0 saturated heterocycles. The minimum Gasteiger partial charge on any atom is -0.455 e. The summed E-state index contributed by atoms with van der Waals surface area (Å²) < 4.78 is 37.2. The Bertz CT molecular complexity index is 737. The fourth-order valence-electron chi connectivity index (χ4n) is 5.31. The SMILES string of the molecule is CC1(OC(=O)c2ccc(S(=O)(=O)O)cc2)C2CC3CC(C2)CC1C3. The van der Waals surface area contributed by atoms with Crippen molar-refractivity contribution in [3.05, 3.63) is 29.8 Å². The van der Waals surface area contributed by atoms with Crippen LogP contribution in [0.4, 0.5) is 0 Å². The summed E-state index contributed by atoms with van der Waals surface area (Å²) in [4.78, 5) is 12.3. The quantitative estimate of drug-likeness (QED) is 0.668. The molecule has 0 radical (unpaired) electrons. The van der Waals surface area contributed by atoms with E-state index in [2.05, 4.69) is 6.92 Å². The lowest BCUT2D eigenvalue weighted by atomic mass is 9.50. The van der Waals surface area contributed by atoms with Crippen LogP contribution in [0.2, 0.25) is 0 Å². The summed E-state index contributed by atoms with van der Waals surface area (Å²) in [5, 5.41) is 0. The fraction of sp³-hybridized carbons (Fsp3) is 0.611. The lowest BCUT2D eigenvalue weighted by Crippen LogP contribution is -2.58. The Morgan fingerprint density at radius 2 is 1.54 bits per heavy atom. The van der Waals surface area contributed by atoms with Crippen LogP contribution in [0.3, 0.4) is 0 Å². The average Bonchev–Trinajstić information content (AvgIpc) is 2.51. The first-order chi connectivity index (χ1) is 11.3. The van der Waals surface area contributed by atoms with Gasteiger partial charge in [-0.2, -0.15) is 8.42 Å². The van der Waals surface area contributed by atoms with Crippen molar-refractivity contribution in [3.8, 4) is 0 Å². The van der Waals surface area contributed by atoms with Gasteiger partial charge in [0.15, 0.2) is 0 Å². The van der Waals surface area contributed by atoms with Gasteiger partial charge in [-0.1, -0.05) is 0 Å². The smallest absolute Gasteiger partial charge is 0.338 e. The molecule has 4 aliphatic carbocycles. The Labute approximate surface area is 142 Å². The molecule has 1 aromatic carbocycles. The highest BCUT2D eigenvalue weighted by Crippen LogP contribution is 2.59. The van der Waals surface area contributed by atoms with Gasteiger partial charge >= 0.3 is 5.97 Å². The molecule has 0 unspecified atom stereocenters. The highest BCUT2D eigenvalue weighted by atomic mass is 32.2. The second-order valence-electron chi connectivity index (χ2n) is 7.88. The number of rotatable bonds is 3. The number of hydrogen-bond donors (Lipinski definition) is 1. The Kier molecular flexibility index (Phi) is 3.55. The van der Waals surface area contributed by atoms with E-state index >= 15 is 0 Å². The third kappa shape index (κ3) is 2.56. The average molecular weight is 350 g/mol. The van der Waals surface area contributed by atoms with E-state index in [1.807, 2.05) is 0 Å². The molecule has 0 spiro atoms. The van der Waals surface area contributed by atoms with Crippen molar-refractivity contribution < 1.29 is 22.5 Å². The monoisotopic (exact) mass is 350 g/mol. The maximum atomic E-state index is 12.6. The molecule has 1 N–H and O–H groups in total. The van der Waals surface area contributed by atoms with Crippen LogP contribution in [0.25, 0.3) is 0 Å². The van der Waals surface area contributed by atoms with Crippen LogP contribution in [0.15, 0.2) is 29.2 Å². The summed E-state index contributed by atoms with van der Waals surface area (Å²) in [7, 11) is -4.25. The lowest BCUT2D eigenvalue weighted by Gasteiger charge is -2.59. The molecular formula is C18H22O5S. The summed E-state index contributed by atoms with van der Waals surface area (Å²) in [5.41, 5.74) is -0.0934. The largest absolute Gasteiger partial charge is 0.455 e. The van der Waals surface area contributed by atoms with Gasteiger partial charge in [0.2, 0.25) is 0 Å². The van der Waals surface area contributed by atoms with Crippen LogP contribution in [-0.4, -0.2) is 24.5 Å². The van der Waals surface area contributed by atoms with Crippen molar-refractivity contribution in [3.63, 3.8) is 0 Å². The standard InChI is InChI=1S/C18H22O5S/c1-18(14-7-11-6-12(9-14)10-15(18)8-11)23-17(19)13-2-4-16(5-3-13)24(20,21)22/h2-5,11-12,14-15H,6-10H2,1H3,(H,20,21,22). The maximum Gasteiger partial charge on any atom is 0.338 e. The van der Waals surface area contributed by atoms with Crippen LogP contribution in [0.1, 0.15) is 49.4 Å². The van der Waals surface area contributed by atoms with E-state index in [0.717, 1.165) is 37.5 Å². The Morgan fingerprint density at radius 1 is 1.04 bits per heavy atom. The van der Waals surface area contributed by atoms with Gasteiger partial charge < -0.3 is 4.74 Å². The summed E-state index contributed by atoms with van der Waals surface area (Å²) in [6, 6.07) is 5.24. The van der Waals surface area contributed by atoms with Crippen molar-refractivity contribution in [2.45, 2.75) is 49.5 Å². The van der Waals surface area contributed by atoms with Gasteiger partial charge in [0.05, 0.1) is 10.5 Å². The minimum atomic E-state index is -4.25. The van der Waals surface area contributed by atoms with E-state index in [1.54, 1.807) is 0 Å². The Morgan fingerprint density at radius 3 is 2.00 bits per heavy atom. The first kappa shape index (κ1) is 16.1. The van der Waals surface area contributed by atoms with E-state index in [0.29, 0.717) is 17.4 Å². The van der Waals surface area contributed by atoms with Gasteiger partial charge in [-0.05, 0) is 87.0 Å². The van der Waals surface area contributed by atoms with E-state index in [1.165, 1.54) is 30.7 Å². The molecule has 5 rings (SSSR count). The minimum absolute atomic E-state index is 0.222. The van der Waals surface area contributed by atoms with Gasteiger partial charge in [-0.3, -0.25) is 4.55 Å². The number of hydrogen-bond acceptors (Lipinski definition) is 4. The second-order valence-corrected chi connectivity index (χ2v) is 9.30. The number of carbonyl (C=O) groups excluding carboxylic acids is 1. The van der Waals surface area contributed by atoms with Crippen molar-refractivity contribution >= 4 is 16.1 Å². The molecule has 24 heavy (non-hydrogen) atoms. The maximum absolute atomic E-state index is 12.6. The molecule has 0 heterocycles. The molecular weight excluding hydrogens is 328 g/mol. The molecule has 1 aromatic rings. The number of benzene rings is 1. The number of esters is 1. The predicted molar refractivity (Wildman–Crippen MR) is 87.1 cm³/mol. The van der Waals surface area contributed by atoms with Crippen LogP contribution in [-0.2, 0) is 14.9 Å². The van der Waals surface area contributed by atoms with Gasteiger partial charge in [0.25, 0.3) is 10.1 Å². The lowest BCUT2D eigenvalue weighted by molar-refractivity contribution is -0.165. The molecule has 0 aliphatic heterocycles. The predicted octanol–water partition coefficient (Wildman–Crippen LogP) is 3.30.